The molecule has 1 saturated carbocycles. The Morgan fingerprint density at radius 2 is 1.82 bits per heavy atom. The summed E-state index contributed by atoms with van der Waals surface area (Å²) >= 11 is 0. The van der Waals surface area contributed by atoms with Crippen LogP contribution in [0.3, 0.4) is 0 Å². The minimum Gasteiger partial charge on any atom is -0.486 e. The van der Waals surface area contributed by atoms with Gasteiger partial charge in [-0.1, -0.05) is 18.2 Å². The monoisotopic (exact) mass is 460 g/mol. The van der Waals surface area contributed by atoms with Crippen LogP contribution >= 0.6 is 0 Å². The zero-order valence-electron chi connectivity index (χ0n) is 20.1. The lowest BCUT2D eigenvalue weighted by molar-refractivity contribution is -0.126. The van der Waals surface area contributed by atoms with Gasteiger partial charge in [-0.15, -0.1) is 0 Å². The zero-order valence-corrected chi connectivity index (χ0v) is 20.1. The first-order chi connectivity index (χ1) is 16.5. The van der Waals surface area contributed by atoms with Crippen LogP contribution in [0.2, 0.25) is 0 Å². The molecule has 3 aromatic rings. The second kappa shape index (κ2) is 9.49. The number of anilines is 1. The van der Waals surface area contributed by atoms with E-state index >= 15 is 0 Å². The molecule has 2 N–H and O–H groups in total. The SMILES string of the molecule is Cc1nc(NC2CCC(C(=O)NC(C)C)CC2)nc2ccc(-c3cccc4c3OCCO4)cc12. The number of amides is 1. The fraction of sp³-hybridized carbons (Fsp3) is 0.444. The largest absolute Gasteiger partial charge is 0.486 e. The molecule has 2 heterocycles. The lowest BCUT2D eigenvalue weighted by Gasteiger charge is -2.29. The Bertz CT molecular complexity index is 1200. The number of hydrogen-bond donors (Lipinski definition) is 2. The lowest BCUT2D eigenvalue weighted by Crippen LogP contribution is -2.39. The molecule has 5 rings (SSSR count). The van der Waals surface area contributed by atoms with Gasteiger partial charge < -0.3 is 20.1 Å². The molecule has 1 aliphatic heterocycles. The molecule has 7 nitrogen and oxygen atoms in total. The summed E-state index contributed by atoms with van der Waals surface area (Å²) in [6.07, 6.45) is 3.66. The number of rotatable bonds is 5. The number of ether oxygens (including phenoxy) is 2. The van der Waals surface area contributed by atoms with Crippen molar-refractivity contribution in [3.8, 4) is 22.6 Å². The molecule has 0 bridgehead atoms. The van der Waals surface area contributed by atoms with E-state index < -0.39 is 0 Å². The molecule has 1 aromatic heterocycles. The third kappa shape index (κ3) is 4.65. The van der Waals surface area contributed by atoms with Gasteiger partial charge in [0.15, 0.2) is 11.5 Å². The third-order valence-electron chi connectivity index (χ3n) is 6.63. The highest BCUT2D eigenvalue weighted by atomic mass is 16.6. The molecule has 0 unspecified atom stereocenters. The van der Waals surface area contributed by atoms with E-state index in [1.807, 2.05) is 39.0 Å². The maximum absolute atomic E-state index is 12.3. The summed E-state index contributed by atoms with van der Waals surface area (Å²) < 4.78 is 11.6. The van der Waals surface area contributed by atoms with E-state index in [0.717, 1.165) is 64.9 Å². The van der Waals surface area contributed by atoms with Gasteiger partial charge in [-0.05, 0) is 70.2 Å². The molecule has 2 aliphatic rings. The Kier molecular flexibility index (Phi) is 6.26. The molecule has 0 radical (unpaired) electrons. The van der Waals surface area contributed by atoms with Crippen molar-refractivity contribution in [1.82, 2.24) is 15.3 Å². The fourth-order valence-electron chi connectivity index (χ4n) is 4.90. The van der Waals surface area contributed by atoms with Crippen molar-refractivity contribution in [2.75, 3.05) is 18.5 Å². The van der Waals surface area contributed by atoms with E-state index in [0.29, 0.717) is 19.2 Å². The van der Waals surface area contributed by atoms with Gasteiger partial charge in [0.1, 0.15) is 13.2 Å². The van der Waals surface area contributed by atoms with Gasteiger partial charge in [-0.3, -0.25) is 4.79 Å². The molecular formula is C27H32N4O3. The average molecular weight is 461 g/mol. The average Bonchev–Trinajstić information content (AvgIpc) is 2.83. The maximum atomic E-state index is 12.3. The van der Waals surface area contributed by atoms with E-state index in [4.69, 9.17) is 19.4 Å². The van der Waals surface area contributed by atoms with Gasteiger partial charge >= 0.3 is 0 Å². The third-order valence-corrected chi connectivity index (χ3v) is 6.63. The van der Waals surface area contributed by atoms with Crippen LogP contribution in [0.1, 0.15) is 45.2 Å². The molecular weight excluding hydrogens is 428 g/mol. The number of nitrogens with zero attached hydrogens (tertiary/aromatic N) is 2. The van der Waals surface area contributed by atoms with Crippen molar-refractivity contribution in [3.63, 3.8) is 0 Å². The highest BCUT2D eigenvalue weighted by Crippen LogP contribution is 2.40. The van der Waals surface area contributed by atoms with Crippen LogP contribution in [-0.4, -0.2) is 41.2 Å². The van der Waals surface area contributed by atoms with Crippen LogP contribution in [0.4, 0.5) is 5.95 Å². The molecule has 34 heavy (non-hydrogen) atoms. The van der Waals surface area contributed by atoms with E-state index in [1.165, 1.54) is 0 Å². The Labute approximate surface area is 200 Å². The second-order valence-corrected chi connectivity index (χ2v) is 9.55. The molecule has 0 atom stereocenters. The molecule has 7 heteroatoms. The van der Waals surface area contributed by atoms with Crippen molar-refractivity contribution in [3.05, 3.63) is 42.1 Å². The normalized spacial score (nSPS) is 19.8. The highest BCUT2D eigenvalue weighted by Gasteiger charge is 2.27. The summed E-state index contributed by atoms with van der Waals surface area (Å²) in [7, 11) is 0. The molecule has 0 spiro atoms. The summed E-state index contributed by atoms with van der Waals surface area (Å²) in [6.45, 7) is 7.15. The Balaban J connectivity index is 1.32. The molecule has 1 amide bonds. The second-order valence-electron chi connectivity index (χ2n) is 9.55. The standard InChI is InChI=1S/C27H32N4O3/c1-16(2)28-26(32)18-7-10-20(11-8-18)30-27-29-17(3)22-15-19(9-12-23(22)31-27)21-5-4-6-24-25(21)34-14-13-33-24/h4-6,9,12,15-16,18,20H,7-8,10-11,13-14H2,1-3H3,(H,28,32)(H,29,30,31). The van der Waals surface area contributed by atoms with Gasteiger partial charge in [0.2, 0.25) is 11.9 Å². The van der Waals surface area contributed by atoms with E-state index in [9.17, 15) is 4.79 Å². The molecule has 178 valence electrons. The topological polar surface area (TPSA) is 85.4 Å². The van der Waals surface area contributed by atoms with Crippen molar-refractivity contribution >= 4 is 22.8 Å². The first-order valence-corrected chi connectivity index (χ1v) is 12.2. The molecule has 1 aliphatic carbocycles. The minimum atomic E-state index is 0.108. The minimum absolute atomic E-state index is 0.108. The van der Waals surface area contributed by atoms with Gasteiger partial charge in [0.05, 0.1) is 11.2 Å². The first-order valence-electron chi connectivity index (χ1n) is 12.2. The Morgan fingerprint density at radius 3 is 2.62 bits per heavy atom. The van der Waals surface area contributed by atoms with Crippen LogP contribution in [0.5, 0.6) is 11.5 Å². The fourth-order valence-corrected chi connectivity index (χ4v) is 4.90. The van der Waals surface area contributed by atoms with Gasteiger partial charge in [0, 0.05) is 29.0 Å². The lowest BCUT2D eigenvalue weighted by atomic mass is 9.85. The number of aryl methyl sites for hydroxylation is 1. The van der Waals surface area contributed by atoms with Gasteiger partial charge in [-0.25, -0.2) is 9.97 Å². The van der Waals surface area contributed by atoms with Crippen LogP contribution in [-0.2, 0) is 4.79 Å². The number of nitrogens with one attached hydrogen (secondary N) is 2. The highest BCUT2D eigenvalue weighted by molar-refractivity contribution is 5.88. The van der Waals surface area contributed by atoms with Crippen molar-refractivity contribution in [2.24, 2.45) is 5.92 Å². The predicted octanol–water partition coefficient (Wildman–Crippen LogP) is 4.87. The number of fused-ring (bicyclic) bond motifs is 2. The van der Waals surface area contributed by atoms with Crippen molar-refractivity contribution < 1.29 is 14.3 Å². The smallest absolute Gasteiger partial charge is 0.223 e. The Morgan fingerprint density at radius 1 is 1.03 bits per heavy atom. The van der Waals surface area contributed by atoms with Crippen LogP contribution in [0.25, 0.3) is 22.0 Å². The van der Waals surface area contributed by atoms with E-state index in [2.05, 4.69) is 28.8 Å². The zero-order chi connectivity index (χ0) is 23.7. The quantitative estimate of drug-likeness (QED) is 0.565. The van der Waals surface area contributed by atoms with E-state index in [1.54, 1.807) is 0 Å². The number of carbonyl (C=O) groups is 1. The maximum Gasteiger partial charge on any atom is 0.223 e. The first kappa shape index (κ1) is 22.4. The van der Waals surface area contributed by atoms with Gasteiger partial charge in [0.25, 0.3) is 0 Å². The predicted molar refractivity (Wildman–Crippen MR) is 133 cm³/mol. The number of para-hydroxylation sites is 1. The summed E-state index contributed by atoms with van der Waals surface area (Å²) in [5.41, 5.74) is 3.91. The summed E-state index contributed by atoms with van der Waals surface area (Å²) in [5, 5.41) is 7.57. The Hall–Kier alpha value is -3.35. The number of benzene rings is 2. The number of hydrogen-bond acceptors (Lipinski definition) is 6. The van der Waals surface area contributed by atoms with Crippen LogP contribution in [0.15, 0.2) is 36.4 Å². The molecule has 1 fully saturated rings. The summed E-state index contributed by atoms with van der Waals surface area (Å²) in [6, 6.07) is 12.7. The van der Waals surface area contributed by atoms with Crippen LogP contribution < -0.4 is 20.1 Å². The van der Waals surface area contributed by atoms with Gasteiger partial charge in [-0.2, -0.15) is 0 Å². The number of carbonyl (C=O) groups excluding carboxylic acids is 1. The molecule has 0 saturated heterocycles. The van der Waals surface area contributed by atoms with Crippen LogP contribution in [0, 0.1) is 12.8 Å². The van der Waals surface area contributed by atoms with E-state index in [-0.39, 0.29) is 23.9 Å². The molecule has 2 aromatic carbocycles. The van der Waals surface area contributed by atoms with Crippen molar-refractivity contribution in [2.45, 2.75) is 58.5 Å². The number of aromatic nitrogens is 2. The van der Waals surface area contributed by atoms with Crippen molar-refractivity contribution in [1.29, 1.82) is 0 Å². The summed E-state index contributed by atoms with van der Waals surface area (Å²) in [5.74, 6) is 2.52. The summed E-state index contributed by atoms with van der Waals surface area (Å²) in [4.78, 5) is 21.8.